The highest BCUT2D eigenvalue weighted by Gasteiger charge is 2.29. The number of ether oxygens (including phenoxy) is 1. The maximum Gasteiger partial charge on any atom is 0.0594 e. The highest BCUT2D eigenvalue weighted by atomic mass is 32.2. The fraction of sp³-hybridized carbons (Fsp3) is 1.00. The van der Waals surface area contributed by atoms with Crippen LogP contribution in [0.25, 0.3) is 0 Å². The summed E-state index contributed by atoms with van der Waals surface area (Å²) in [5.41, 5.74) is 0.261. The van der Waals surface area contributed by atoms with E-state index in [4.69, 9.17) is 4.74 Å². The fourth-order valence-corrected chi connectivity index (χ4v) is 3.56. The van der Waals surface area contributed by atoms with E-state index < -0.39 is 0 Å². The molecule has 1 N–H and O–H groups in total. The van der Waals surface area contributed by atoms with Crippen LogP contribution in [0.1, 0.15) is 20.3 Å². The molecule has 2 fully saturated rings. The van der Waals surface area contributed by atoms with Gasteiger partial charge in [-0.3, -0.25) is 4.90 Å². The lowest BCUT2D eigenvalue weighted by Crippen LogP contribution is -2.55. The highest BCUT2D eigenvalue weighted by molar-refractivity contribution is 7.99. The van der Waals surface area contributed by atoms with Crippen molar-refractivity contribution in [3.05, 3.63) is 0 Å². The Hall–Kier alpha value is 0.230. The van der Waals surface area contributed by atoms with Crippen molar-refractivity contribution in [3.8, 4) is 0 Å². The van der Waals surface area contributed by atoms with Crippen molar-refractivity contribution >= 4 is 11.8 Å². The highest BCUT2D eigenvalue weighted by Crippen LogP contribution is 2.19. The lowest BCUT2D eigenvalue weighted by molar-refractivity contribution is -0.0101. The van der Waals surface area contributed by atoms with Gasteiger partial charge in [-0.1, -0.05) is 0 Å². The van der Waals surface area contributed by atoms with Crippen LogP contribution in [0, 0.1) is 0 Å². The number of hydrogen-bond acceptors (Lipinski definition) is 4. The molecule has 2 saturated heterocycles. The van der Waals surface area contributed by atoms with E-state index in [0.717, 1.165) is 38.9 Å². The Labute approximate surface area is 103 Å². The second-order valence-corrected chi connectivity index (χ2v) is 6.50. The van der Waals surface area contributed by atoms with Crippen LogP contribution in [0.4, 0.5) is 0 Å². The number of morpholine rings is 1. The predicted molar refractivity (Wildman–Crippen MR) is 70.2 cm³/mol. The first-order valence-corrected chi connectivity index (χ1v) is 7.48. The van der Waals surface area contributed by atoms with Crippen LogP contribution in [0.3, 0.4) is 0 Å². The minimum Gasteiger partial charge on any atom is -0.379 e. The molecule has 0 aromatic rings. The molecule has 0 amide bonds. The molecule has 2 heterocycles. The van der Waals surface area contributed by atoms with Crippen molar-refractivity contribution in [1.82, 2.24) is 10.2 Å². The second kappa shape index (κ2) is 5.71. The van der Waals surface area contributed by atoms with Gasteiger partial charge in [-0.05, 0) is 26.0 Å². The number of nitrogens with zero attached hydrogens (tertiary/aromatic N) is 1. The molecular weight excluding hydrogens is 220 g/mol. The predicted octanol–water partition coefficient (Wildman–Crippen LogP) is 1.19. The molecule has 0 bridgehead atoms. The molecule has 1 atom stereocenters. The van der Waals surface area contributed by atoms with Gasteiger partial charge >= 0.3 is 0 Å². The van der Waals surface area contributed by atoms with E-state index in [-0.39, 0.29) is 5.54 Å². The molecule has 4 heteroatoms. The third-order valence-electron chi connectivity index (χ3n) is 3.62. The number of rotatable bonds is 4. The van der Waals surface area contributed by atoms with Gasteiger partial charge in [0.2, 0.25) is 0 Å². The summed E-state index contributed by atoms with van der Waals surface area (Å²) in [5, 5.41) is 3.72. The summed E-state index contributed by atoms with van der Waals surface area (Å²) in [6, 6.07) is 0.741. The molecule has 94 valence electrons. The summed E-state index contributed by atoms with van der Waals surface area (Å²) >= 11 is 2.07. The van der Waals surface area contributed by atoms with Crippen LogP contribution in [0.5, 0.6) is 0 Å². The largest absolute Gasteiger partial charge is 0.379 e. The number of thioether (sulfide) groups is 1. The van der Waals surface area contributed by atoms with E-state index >= 15 is 0 Å². The van der Waals surface area contributed by atoms with Crippen LogP contribution >= 0.6 is 11.8 Å². The zero-order chi connectivity index (χ0) is 11.4. The van der Waals surface area contributed by atoms with Crippen LogP contribution in [-0.4, -0.2) is 60.8 Å². The molecular formula is C12H24N2OS. The van der Waals surface area contributed by atoms with Crippen molar-refractivity contribution in [1.29, 1.82) is 0 Å². The van der Waals surface area contributed by atoms with Gasteiger partial charge in [0.25, 0.3) is 0 Å². The van der Waals surface area contributed by atoms with Crippen molar-refractivity contribution in [2.45, 2.75) is 31.8 Å². The molecule has 1 unspecified atom stereocenters. The molecule has 2 aliphatic heterocycles. The normalized spacial score (nSPS) is 28.5. The minimum absolute atomic E-state index is 0.261. The summed E-state index contributed by atoms with van der Waals surface area (Å²) in [4.78, 5) is 2.55. The van der Waals surface area contributed by atoms with Gasteiger partial charge in [-0.15, -0.1) is 0 Å². The van der Waals surface area contributed by atoms with Crippen molar-refractivity contribution in [3.63, 3.8) is 0 Å². The lowest BCUT2D eigenvalue weighted by atomic mass is 10.0. The maximum absolute atomic E-state index is 5.41. The van der Waals surface area contributed by atoms with E-state index in [0.29, 0.717) is 0 Å². The van der Waals surface area contributed by atoms with Crippen molar-refractivity contribution in [2.24, 2.45) is 0 Å². The van der Waals surface area contributed by atoms with Gasteiger partial charge in [0.1, 0.15) is 0 Å². The zero-order valence-corrected chi connectivity index (χ0v) is 11.3. The fourth-order valence-electron chi connectivity index (χ4n) is 2.37. The van der Waals surface area contributed by atoms with Crippen LogP contribution in [-0.2, 0) is 4.74 Å². The van der Waals surface area contributed by atoms with Gasteiger partial charge in [-0.25, -0.2) is 0 Å². The summed E-state index contributed by atoms with van der Waals surface area (Å²) in [5.74, 6) is 2.62. The molecule has 16 heavy (non-hydrogen) atoms. The van der Waals surface area contributed by atoms with E-state index in [1.165, 1.54) is 17.9 Å². The van der Waals surface area contributed by atoms with Gasteiger partial charge in [0, 0.05) is 37.0 Å². The molecule has 3 nitrogen and oxygen atoms in total. The van der Waals surface area contributed by atoms with Crippen LogP contribution in [0.15, 0.2) is 0 Å². The lowest BCUT2D eigenvalue weighted by Gasteiger charge is -2.41. The number of nitrogens with one attached hydrogen (secondary N) is 1. The SMILES string of the molecule is CC(C)(CNC1CCSC1)N1CCOCC1. The Balaban J connectivity index is 1.76. The molecule has 0 aliphatic carbocycles. The Morgan fingerprint density at radius 3 is 2.75 bits per heavy atom. The first-order valence-electron chi connectivity index (χ1n) is 6.32. The summed E-state index contributed by atoms with van der Waals surface area (Å²) < 4.78 is 5.41. The summed E-state index contributed by atoms with van der Waals surface area (Å²) in [6.07, 6.45) is 1.34. The van der Waals surface area contributed by atoms with E-state index in [1.54, 1.807) is 0 Å². The Bertz CT molecular complexity index is 211. The molecule has 0 spiro atoms. The zero-order valence-electron chi connectivity index (χ0n) is 10.5. The van der Waals surface area contributed by atoms with Gasteiger partial charge in [0.15, 0.2) is 0 Å². The van der Waals surface area contributed by atoms with Crippen molar-refractivity contribution < 1.29 is 4.74 Å². The van der Waals surface area contributed by atoms with Gasteiger partial charge in [0.05, 0.1) is 13.2 Å². The average molecular weight is 244 g/mol. The molecule has 2 aliphatic rings. The number of hydrogen-bond donors (Lipinski definition) is 1. The Kier molecular flexibility index (Phi) is 4.53. The maximum atomic E-state index is 5.41. The second-order valence-electron chi connectivity index (χ2n) is 5.35. The summed E-state index contributed by atoms with van der Waals surface area (Å²) in [6.45, 7) is 9.71. The van der Waals surface area contributed by atoms with E-state index in [2.05, 4.69) is 35.8 Å². The first kappa shape index (κ1) is 12.7. The molecule has 2 rings (SSSR count). The molecule has 0 radical (unpaired) electrons. The third kappa shape index (κ3) is 3.36. The smallest absolute Gasteiger partial charge is 0.0594 e. The van der Waals surface area contributed by atoms with E-state index in [1.807, 2.05) is 0 Å². The Morgan fingerprint density at radius 1 is 1.38 bits per heavy atom. The standard InChI is InChI=1S/C12H24N2OS/c1-12(2,14-4-6-15-7-5-14)10-13-11-3-8-16-9-11/h11,13H,3-10H2,1-2H3. The van der Waals surface area contributed by atoms with Gasteiger partial charge in [-0.2, -0.15) is 11.8 Å². The summed E-state index contributed by atoms with van der Waals surface area (Å²) in [7, 11) is 0. The van der Waals surface area contributed by atoms with Gasteiger partial charge < -0.3 is 10.1 Å². The third-order valence-corrected chi connectivity index (χ3v) is 4.78. The monoisotopic (exact) mass is 244 g/mol. The quantitative estimate of drug-likeness (QED) is 0.803. The Morgan fingerprint density at radius 2 is 2.12 bits per heavy atom. The molecule has 0 aromatic heterocycles. The molecule has 0 aromatic carbocycles. The topological polar surface area (TPSA) is 24.5 Å². The van der Waals surface area contributed by atoms with Crippen LogP contribution < -0.4 is 5.32 Å². The van der Waals surface area contributed by atoms with Crippen LogP contribution in [0.2, 0.25) is 0 Å². The van der Waals surface area contributed by atoms with E-state index in [9.17, 15) is 0 Å². The minimum atomic E-state index is 0.261. The van der Waals surface area contributed by atoms with Crippen molar-refractivity contribution in [2.75, 3.05) is 44.4 Å². The average Bonchev–Trinajstić information content (AvgIpc) is 2.81. The first-order chi connectivity index (χ1) is 7.68. The molecule has 0 saturated carbocycles.